The van der Waals surface area contributed by atoms with Gasteiger partial charge in [0.1, 0.15) is 22.2 Å². The van der Waals surface area contributed by atoms with Gasteiger partial charge in [-0.1, -0.05) is 23.9 Å². The minimum absolute atomic E-state index is 0.144. The quantitative estimate of drug-likeness (QED) is 0.315. The highest BCUT2D eigenvalue weighted by atomic mass is 32.2. The minimum Gasteiger partial charge on any atom is -0.320 e. The maximum atomic E-state index is 13.7. The second-order valence-electron chi connectivity index (χ2n) is 6.18. The third-order valence-corrected chi connectivity index (χ3v) is 7.07. The molecule has 0 aliphatic heterocycles. The number of nitrogens with zero attached hydrogens (tertiary/aromatic N) is 2. The number of nitrogens with one attached hydrogen (secondary N) is 1. The van der Waals surface area contributed by atoms with Crippen LogP contribution in [0.2, 0.25) is 0 Å². The minimum atomic E-state index is -0.849. The van der Waals surface area contributed by atoms with Crippen molar-refractivity contribution >= 4 is 56.2 Å². The zero-order valence-corrected chi connectivity index (χ0v) is 18.1. The molecule has 4 aromatic rings. The fourth-order valence-corrected chi connectivity index (χ4v) is 5.60. The predicted molar refractivity (Wildman–Crippen MR) is 119 cm³/mol. The van der Waals surface area contributed by atoms with E-state index >= 15 is 0 Å². The summed E-state index contributed by atoms with van der Waals surface area (Å²) in [6.45, 7) is 2.21. The predicted octanol–water partition coefficient (Wildman–Crippen LogP) is 5.22. The van der Waals surface area contributed by atoms with Crippen LogP contribution in [-0.4, -0.2) is 21.2 Å². The van der Waals surface area contributed by atoms with Crippen LogP contribution in [0.5, 0.6) is 0 Å². The number of hydrogen-bond donors (Lipinski definition) is 1. The number of carbonyl (C=O) groups excluding carboxylic acids is 1. The molecule has 154 valence electrons. The summed E-state index contributed by atoms with van der Waals surface area (Å²) in [6, 6.07) is 7.24. The van der Waals surface area contributed by atoms with Crippen molar-refractivity contribution in [2.24, 2.45) is 0 Å². The van der Waals surface area contributed by atoms with Crippen LogP contribution >= 0.6 is 34.4 Å². The number of hydrogen-bond acceptors (Lipinski definition) is 6. The van der Waals surface area contributed by atoms with Gasteiger partial charge in [-0.2, -0.15) is 0 Å². The normalized spacial score (nSPS) is 11.2. The van der Waals surface area contributed by atoms with Crippen LogP contribution in [0.15, 0.2) is 51.0 Å². The average Bonchev–Trinajstić information content (AvgIpc) is 3.39. The Hall–Kier alpha value is -2.56. The summed E-state index contributed by atoms with van der Waals surface area (Å²) in [5, 5.41) is 7.05. The summed E-state index contributed by atoms with van der Waals surface area (Å²) in [6.07, 6.45) is 0. The lowest BCUT2D eigenvalue weighted by Crippen LogP contribution is -2.23. The fourth-order valence-electron chi connectivity index (χ4n) is 2.93. The molecule has 0 unspecified atom stereocenters. The van der Waals surface area contributed by atoms with E-state index in [9.17, 15) is 18.4 Å². The Morgan fingerprint density at radius 2 is 1.97 bits per heavy atom. The number of thiophene rings is 2. The molecule has 4 rings (SSSR count). The molecule has 1 aromatic carbocycles. The molecule has 3 heterocycles. The molecule has 1 N–H and O–H groups in total. The van der Waals surface area contributed by atoms with Crippen molar-refractivity contribution in [3.05, 3.63) is 63.1 Å². The van der Waals surface area contributed by atoms with E-state index in [4.69, 9.17) is 0 Å². The highest BCUT2D eigenvalue weighted by Crippen LogP contribution is 2.34. The lowest BCUT2D eigenvalue weighted by molar-refractivity contribution is -0.113. The zero-order chi connectivity index (χ0) is 21.3. The molecular weight excluding hydrogens is 448 g/mol. The summed E-state index contributed by atoms with van der Waals surface area (Å²) in [4.78, 5) is 31.5. The molecule has 0 saturated heterocycles. The maximum absolute atomic E-state index is 13.7. The third-order valence-electron chi connectivity index (χ3n) is 4.32. The van der Waals surface area contributed by atoms with Crippen LogP contribution in [0.1, 0.15) is 6.92 Å². The molecule has 5 nitrogen and oxygen atoms in total. The molecule has 0 saturated carbocycles. The van der Waals surface area contributed by atoms with Crippen LogP contribution in [-0.2, 0) is 11.3 Å². The number of benzene rings is 1. The Kier molecular flexibility index (Phi) is 5.98. The molecule has 3 aromatic heterocycles. The van der Waals surface area contributed by atoms with Crippen LogP contribution in [0.25, 0.3) is 20.7 Å². The first-order valence-electron chi connectivity index (χ1n) is 8.92. The van der Waals surface area contributed by atoms with Crippen molar-refractivity contribution in [1.82, 2.24) is 9.55 Å². The van der Waals surface area contributed by atoms with E-state index in [1.165, 1.54) is 22.0 Å². The van der Waals surface area contributed by atoms with Crippen molar-refractivity contribution < 1.29 is 13.6 Å². The van der Waals surface area contributed by atoms with Crippen LogP contribution < -0.4 is 10.9 Å². The van der Waals surface area contributed by atoms with Crippen LogP contribution in [0, 0.1) is 11.6 Å². The summed E-state index contributed by atoms with van der Waals surface area (Å²) >= 11 is 3.97. The number of anilines is 1. The number of carbonyl (C=O) groups is 1. The van der Waals surface area contributed by atoms with Gasteiger partial charge < -0.3 is 5.32 Å². The molecule has 0 bridgehead atoms. The summed E-state index contributed by atoms with van der Waals surface area (Å²) in [5.41, 5.74) is 0.197. The number of halogens is 2. The Labute approximate surface area is 182 Å². The molecule has 0 aliphatic rings. The van der Waals surface area contributed by atoms with Crippen molar-refractivity contribution in [1.29, 1.82) is 0 Å². The summed E-state index contributed by atoms with van der Waals surface area (Å²) < 4.78 is 29.0. The Balaban J connectivity index is 1.60. The van der Waals surface area contributed by atoms with Gasteiger partial charge in [0.25, 0.3) is 5.56 Å². The molecular formula is C20H15F2N3O2S3. The number of thioether (sulfide) groups is 1. The van der Waals surface area contributed by atoms with Crippen LogP contribution in [0.4, 0.5) is 14.5 Å². The monoisotopic (exact) mass is 463 g/mol. The molecule has 0 aliphatic carbocycles. The summed E-state index contributed by atoms with van der Waals surface area (Å²) in [7, 11) is 0. The van der Waals surface area contributed by atoms with Gasteiger partial charge in [-0.05, 0) is 30.5 Å². The number of para-hydroxylation sites is 1. The number of amides is 1. The molecule has 0 fully saturated rings. The molecule has 10 heteroatoms. The van der Waals surface area contributed by atoms with E-state index in [2.05, 4.69) is 10.3 Å². The largest absolute Gasteiger partial charge is 0.320 e. The van der Waals surface area contributed by atoms with E-state index in [1.807, 2.05) is 29.8 Å². The second kappa shape index (κ2) is 8.66. The molecule has 0 atom stereocenters. The topological polar surface area (TPSA) is 64.0 Å². The van der Waals surface area contributed by atoms with Crippen molar-refractivity contribution in [2.45, 2.75) is 18.6 Å². The first-order chi connectivity index (χ1) is 14.5. The van der Waals surface area contributed by atoms with Crippen molar-refractivity contribution in [3.8, 4) is 10.4 Å². The smallest absolute Gasteiger partial charge is 0.263 e. The lowest BCUT2D eigenvalue weighted by Gasteiger charge is -2.11. The number of fused-ring (bicyclic) bond motifs is 1. The van der Waals surface area contributed by atoms with Gasteiger partial charge in [0.15, 0.2) is 5.16 Å². The van der Waals surface area contributed by atoms with Gasteiger partial charge in [-0.3, -0.25) is 14.2 Å². The van der Waals surface area contributed by atoms with Gasteiger partial charge in [0, 0.05) is 22.4 Å². The highest BCUT2D eigenvalue weighted by Gasteiger charge is 2.18. The summed E-state index contributed by atoms with van der Waals surface area (Å²) in [5.74, 6) is -2.43. The van der Waals surface area contributed by atoms with E-state index in [0.29, 0.717) is 21.9 Å². The average molecular weight is 464 g/mol. The van der Waals surface area contributed by atoms with Gasteiger partial charge in [0.05, 0.1) is 11.1 Å². The number of rotatable bonds is 6. The third kappa shape index (κ3) is 3.90. The first-order valence-corrected chi connectivity index (χ1v) is 11.7. The van der Waals surface area contributed by atoms with E-state index in [-0.39, 0.29) is 11.3 Å². The van der Waals surface area contributed by atoms with E-state index < -0.39 is 23.2 Å². The molecule has 0 spiro atoms. The van der Waals surface area contributed by atoms with Gasteiger partial charge in [0.2, 0.25) is 5.91 Å². The molecule has 1 amide bonds. The van der Waals surface area contributed by atoms with Gasteiger partial charge in [-0.25, -0.2) is 13.8 Å². The molecule has 0 radical (unpaired) electrons. The van der Waals surface area contributed by atoms with E-state index in [0.717, 1.165) is 34.3 Å². The second-order valence-corrected chi connectivity index (χ2v) is 8.93. The number of aromatic nitrogens is 2. The standard InChI is InChI=1S/C20H15F2N3O2S3/c1-2-25-19(27)16-11(14-7-4-8-28-14)9-29-18(16)24-20(25)30-10-15(26)23-17-12(21)5-3-6-13(17)22/h3-9H,2,10H2,1H3,(H,23,26). The van der Waals surface area contributed by atoms with Crippen molar-refractivity contribution in [2.75, 3.05) is 11.1 Å². The maximum Gasteiger partial charge on any atom is 0.263 e. The Bertz CT molecular complexity index is 1260. The van der Waals surface area contributed by atoms with E-state index in [1.54, 1.807) is 11.3 Å². The molecule has 30 heavy (non-hydrogen) atoms. The lowest BCUT2D eigenvalue weighted by atomic mass is 10.2. The Morgan fingerprint density at radius 3 is 2.63 bits per heavy atom. The van der Waals surface area contributed by atoms with Crippen LogP contribution in [0.3, 0.4) is 0 Å². The Morgan fingerprint density at radius 1 is 1.20 bits per heavy atom. The van der Waals surface area contributed by atoms with Gasteiger partial charge >= 0.3 is 0 Å². The van der Waals surface area contributed by atoms with Gasteiger partial charge in [-0.15, -0.1) is 22.7 Å². The SMILES string of the molecule is CCn1c(SCC(=O)Nc2c(F)cccc2F)nc2scc(-c3cccs3)c2c1=O. The zero-order valence-electron chi connectivity index (χ0n) is 15.6. The fraction of sp³-hybridized carbons (Fsp3) is 0.150. The highest BCUT2D eigenvalue weighted by molar-refractivity contribution is 7.99. The van der Waals surface area contributed by atoms with Crippen molar-refractivity contribution in [3.63, 3.8) is 0 Å². The first kappa shape index (κ1) is 20.7.